The molecule has 0 spiro atoms. The number of carbonyl (C=O) groups excluding carboxylic acids is 1. The summed E-state index contributed by atoms with van der Waals surface area (Å²) in [6.07, 6.45) is 3.86. The van der Waals surface area contributed by atoms with Gasteiger partial charge in [0.05, 0.1) is 6.07 Å². The van der Waals surface area contributed by atoms with E-state index in [9.17, 15) is 4.79 Å². The van der Waals surface area contributed by atoms with Crippen LogP contribution < -0.4 is 0 Å². The predicted molar refractivity (Wildman–Crippen MR) is 61.4 cm³/mol. The smallest absolute Gasteiger partial charge is 0.240 e. The molecular weight excluding hydrogens is 200 g/mol. The number of hydrogen-bond donors (Lipinski definition) is 0. The standard InChI is InChI=1S/C13H20N2O/c1-9(2)12(6-14)13(16)15-7-10-4-3-5-11(10)8-15/h9-12H,3-5,7-8H2,1-2H3. The van der Waals surface area contributed by atoms with E-state index in [1.807, 2.05) is 18.7 Å². The van der Waals surface area contributed by atoms with Gasteiger partial charge in [-0.2, -0.15) is 5.26 Å². The monoisotopic (exact) mass is 220 g/mol. The number of nitriles is 1. The summed E-state index contributed by atoms with van der Waals surface area (Å²) in [4.78, 5) is 14.1. The normalized spacial score (nSPS) is 30.2. The zero-order valence-corrected chi connectivity index (χ0v) is 10.1. The predicted octanol–water partition coefficient (Wildman–Crippen LogP) is 2.04. The molecule has 0 radical (unpaired) electrons. The molecule has 3 nitrogen and oxygen atoms in total. The molecule has 1 heterocycles. The molecule has 3 atom stereocenters. The number of carbonyl (C=O) groups is 1. The minimum Gasteiger partial charge on any atom is -0.341 e. The Morgan fingerprint density at radius 1 is 1.31 bits per heavy atom. The minimum absolute atomic E-state index is 0.0619. The second kappa shape index (κ2) is 4.45. The van der Waals surface area contributed by atoms with Crippen LogP contribution in [0.25, 0.3) is 0 Å². The first kappa shape index (κ1) is 11.4. The number of amides is 1. The lowest BCUT2D eigenvalue weighted by Crippen LogP contribution is -2.36. The summed E-state index contributed by atoms with van der Waals surface area (Å²) in [6.45, 7) is 5.69. The van der Waals surface area contributed by atoms with Gasteiger partial charge in [0.25, 0.3) is 0 Å². The minimum atomic E-state index is -0.446. The Hall–Kier alpha value is -1.04. The van der Waals surface area contributed by atoms with Crippen molar-refractivity contribution in [1.29, 1.82) is 5.26 Å². The van der Waals surface area contributed by atoms with E-state index in [1.165, 1.54) is 19.3 Å². The average molecular weight is 220 g/mol. The highest BCUT2D eigenvalue weighted by atomic mass is 16.2. The molecule has 2 aliphatic rings. The van der Waals surface area contributed by atoms with Crippen LogP contribution in [0.3, 0.4) is 0 Å². The van der Waals surface area contributed by atoms with Crippen LogP contribution in [0.2, 0.25) is 0 Å². The molecule has 1 aliphatic carbocycles. The Kier molecular flexibility index (Phi) is 3.18. The van der Waals surface area contributed by atoms with Crippen LogP contribution in [0.15, 0.2) is 0 Å². The van der Waals surface area contributed by atoms with E-state index in [0.29, 0.717) is 0 Å². The number of likely N-dealkylation sites (tertiary alicyclic amines) is 1. The van der Waals surface area contributed by atoms with Gasteiger partial charge in [0.1, 0.15) is 5.92 Å². The van der Waals surface area contributed by atoms with Crippen molar-refractivity contribution >= 4 is 5.91 Å². The lowest BCUT2D eigenvalue weighted by molar-refractivity contribution is -0.134. The molecule has 0 aromatic heterocycles. The maximum absolute atomic E-state index is 12.2. The molecule has 1 saturated heterocycles. The van der Waals surface area contributed by atoms with Crippen LogP contribution in [-0.2, 0) is 4.79 Å². The summed E-state index contributed by atoms with van der Waals surface area (Å²) in [5, 5.41) is 9.03. The topological polar surface area (TPSA) is 44.1 Å². The molecule has 0 aromatic carbocycles. The van der Waals surface area contributed by atoms with E-state index >= 15 is 0 Å². The fourth-order valence-corrected chi connectivity index (χ4v) is 3.10. The number of rotatable bonds is 2. The van der Waals surface area contributed by atoms with Crippen molar-refractivity contribution in [1.82, 2.24) is 4.90 Å². The summed E-state index contributed by atoms with van der Waals surface area (Å²) in [7, 11) is 0. The van der Waals surface area contributed by atoms with Gasteiger partial charge >= 0.3 is 0 Å². The van der Waals surface area contributed by atoms with Crippen LogP contribution >= 0.6 is 0 Å². The fraction of sp³-hybridized carbons (Fsp3) is 0.846. The maximum Gasteiger partial charge on any atom is 0.240 e. The SMILES string of the molecule is CC(C)C(C#N)C(=O)N1CC2CCCC2C1. The van der Waals surface area contributed by atoms with Crippen molar-refractivity contribution in [3.05, 3.63) is 0 Å². The van der Waals surface area contributed by atoms with Crippen molar-refractivity contribution in [2.75, 3.05) is 13.1 Å². The Labute approximate surface area is 97.4 Å². The highest BCUT2D eigenvalue weighted by Crippen LogP contribution is 2.38. The summed E-state index contributed by atoms with van der Waals surface area (Å²) >= 11 is 0. The van der Waals surface area contributed by atoms with Crippen LogP contribution in [0, 0.1) is 35.0 Å². The van der Waals surface area contributed by atoms with Gasteiger partial charge in [-0.3, -0.25) is 4.79 Å². The fourth-order valence-electron chi connectivity index (χ4n) is 3.10. The van der Waals surface area contributed by atoms with Crippen LogP contribution in [-0.4, -0.2) is 23.9 Å². The van der Waals surface area contributed by atoms with Crippen molar-refractivity contribution in [2.24, 2.45) is 23.7 Å². The van der Waals surface area contributed by atoms with Gasteiger partial charge in [0, 0.05) is 13.1 Å². The van der Waals surface area contributed by atoms with Gasteiger partial charge in [-0.1, -0.05) is 20.3 Å². The first-order valence-electron chi connectivity index (χ1n) is 6.32. The maximum atomic E-state index is 12.2. The Balaban J connectivity index is 1.99. The summed E-state index contributed by atoms with van der Waals surface area (Å²) < 4.78 is 0. The highest BCUT2D eigenvalue weighted by Gasteiger charge is 2.40. The molecule has 0 N–H and O–H groups in total. The number of fused-ring (bicyclic) bond motifs is 1. The van der Waals surface area contributed by atoms with Crippen molar-refractivity contribution in [3.63, 3.8) is 0 Å². The molecule has 2 rings (SSSR count). The van der Waals surface area contributed by atoms with E-state index in [1.54, 1.807) is 0 Å². The van der Waals surface area contributed by atoms with E-state index < -0.39 is 5.92 Å². The Morgan fingerprint density at radius 3 is 2.31 bits per heavy atom. The Morgan fingerprint density at radius 2 is 1.88 bits per heavy atom. The van der Waals surface area contributed by atoms with Gasteiger partial charge in [-0.05, 0) is 30.6 Å². The van der Waals surface area contributed by atoms with E-state index in [2.05, 4.69) is 6.07 Å². The zero-order valence-electron chi connectivity index (χ0n) is 10.1. The lowest BCUT2D eigenvalue weighted by Gasteiger charge is -2.22. The van der Waals surface area contributed by atoms with Crippen LogP contribution in [0.4, 0.5) is 0 Å². The largest absolute Gasteiger partial charge is 0.341 e. The van der Waals surface area contributed by atoms with Gasteiger partial charge in [-0.15, -0.1) is 0 Å². The summed E-state index contributed by atoms with van der Waals surface area (Å²) in [6, 6.07) is 2.15. The van der Waals surface area contributed by atoms with Gasteiger partial charge in [-0.25, -0.2) is 0 Å². The first-order valence-corrected chi connectivity index (χ1v) is 6.32. The molecule has 1 aliphatic heterocycles. The van der Waals surface area contributed by atoms with Crippen molar-refractivity contribution in [2.45, 2.75) is 33.1 Å². The summed E-state index contributed by atoms with van der Waals surface area (Å²) in [5.41, 5.74) is 0. The second-order valence-electron chi connectivity index (χ2n) is 5.55. The molecule has 3 unspecified atom stereocenters. The second-order valence-corrected chi connectivity index (χ2v) is 5.55. The third-order valence-electron chi connectivity index (χ3n) is 4.11. The first-order chi connectivity index (χ1) is 7.63. The lowest BCUT2D eigenvalue weighted by atomic mass is 9.96. The van der Waals surface area contributed by atoms with Crippen LogP contribution in [0.5, 0.6) is 0 Å². The molecule has 1 saturated carbocycles. The Bertz CT molecular complexity index is 306. The number of nitrogens with zero attached hydrogens (tertiary/aromatic N) is 2. The number of hydrogen-bond acceptors (Lipinski definition) is 2. The van der Waals surface area contributed by atoms with E-state index in [0.717, 1.165) is 24.9 Å². The highest BCUT2D eigenvalue weighted by molar-refractivity contribution is 5.81. The molecule has 88 valence electrons. The molecule has 3 heteroatoms. The molecule has 2 fully saturated rings. The van der Waals surface area contributed by atoms with Crippen molar-refractivity contribution in [3.8, 4) is 6.07 Å². The molecule has 1 amide bonds. The van der Waals surface area contributed by atoms with Crippen molar-refractivity contribution < 1.29 is 4.79 Å². The van der Waals surface area contributed by atoms with Gasteiger partial charge in [0.2, 0.25) is 5.91 Å². The average Bonchev–Trinajstić information content (AvgIpc) is 2.76. The zero-order chi connectivity index (χ0) is 11.7. The van der Waals surface area contributed by atoms with Crippen LogP contribution in [0.1, 0.15) is 33.1 Å². The van der Waals surface area contributed by atoms with E-state index in [4.69, 9.17) is 5.26 Å². The third kappa shape index (κ3) is 1.93. The molecule has 16 heavy (non-hydrogen) atoms. The van der Waals surface area contributed by atoms with Gasteiger partial charge < -0.3 is 4.90 Å². The molecular formula is C13H20N2O. The van der Waals surface area contributed by atoms with Gasteiger partial charge in [0.15, 0.2) is 0 Å². The molecule has 0 bridgehead atoms. The van der Waals surface area contributed by atoms with E-state index in [-0.39, 0.29) is 11.8 Å². The third-order valence-corrected chi connectivity index (χ3v) is 4.11. The summed E-state index contributed by atoms with van der Waals surface area (Å²) in [5.74, 6) is 1.18. The molecule has 0 aromatic rings. The quantitative estimate of drug-likeness (QED) is 0.714.